The average molecular weight is 490 g/mol. The van der Waals surface area contributed by atoms with Crippen LogP contribution in [0, 0.1) is 12.7 Å². The predicted octanol–water partition coefficient (Wildman–Crippen LogP) is 3.91. The second-order valence-electron chi connectivity index (χ2n) is 8.52. The van der Waals surface area contributed by atoms with Gasteiger partial charge in [-0.15, -0.1) is 0 Å². The summed E-state index contributed by atoms with van der Waals surface area (Å²) < 4.78 is 30.8. The molecule has 0 aromatic heterocycles. The van der Waals surface area contributed by atoms with Crippen LogP contribution in [0.4, 0.5) is 10.1 Å². The van der Waals surface area contributed by atoms with Crippen LogP contribution in [0.2, 0.25) is 0 Å². The van der Waals surface area contributed by atoms with E-state index in [1.165, 1.54) is 32.3 Å². The molecule has 1 fully saturated rings. The quantitative estimate of drug-likeness (QED) is 0.385. The Balaban J connectivity index is 1.66. The van der Waals surface area contributed by atoms with Gasteiger partial charge in [-0.05, 0) is 54.4 Å². The molecule has 3 amide bonds. The number of aryl methyl sites for hydroxylation is 1. The molecule has 0 N–H and O–H groups in total. The van der Waals surface area contributed by atoms with E-state index < -0.39 is 35.6 Å². The second-order valence-corrected chi connectivity index (χ2v) is 8.52. The minimum absolute atomic E-state index is 0.235. The number of amides is 3. The molecule has 3 aromatic carbocycles. The van der Waals surface area contributed by atoms with Crippen molar-refractivity contribution in [3.8, 4) is 17.2 Å². The number of imide groups is 1. The van der Waals surface area contributed by atoms with Crippen LogP contribution in [0.15, 0.2) is 54.6 Å². The van der Waals surface area contributed by atoms with Crippen LogP contribution in [-0.4, -0.2) is 50.0 Å². The zero-order valence-corrected chi connectivity index (χ0v) is 20.1. The number of hydrogen-bond donors (Lipinski definition) is 0. The first-order valence-electron chi connectivity index (χ1n) is 11.2. The number of anilines is 1. The van der Waals surface area contributed by atoms with Gasteiger partial charge in [0.2, 0.25) is 5.75 Å². The van der Waals surface area contributed by atoms with E-state index in [1.807, 2.05) is 0 Å². The van der Waals surface area contributed by atoms with Crippen LogP contribution in [0.25, 0.3) is 0 Å². The monoisotopic (exact) mass is 490 g/mol. The zero-order chi connectivity index (χ0) is 25.7. The van der Waals surface area contributed by atoms with Crippen molar-refractivity contribution in [1.82, 2.24) is 4.90 Å². The Morgan fingerprint density at radius 3 is 1.83 bits per heavy atom. The van der Waals surface area contributed by atoms with Crippen molar-refractivity contribution in [2.75, 3.05) is 26.2 Å². The van der Waals surface area contributed by atoms with Gasteiger partial charge in [0.1, 0.15) is 11.9 Å². The van der Waals surface area contributed by atoms with Crippen LogP contribution in [0.5, 0.6) is 17.2 Å². The summed E-state index contributed by atoms with van der Waals surface area (Å²) >= 11 is 0. The lowest BCUT2D eigenvalue weighted by Gasteiger charge is -2.49. The summed E-state index contributed by atoms with van der Waals surface area (Å²) in [5.74, 6) is -1.08. The molecule has 0 aliphatic carbocycles. The fourth-order valence-electron chi connectivity index (χ4n) is 4.81. The number of carbonyl (C=O) groups excluding carboxylic acids is 3. The average Bonchev–Trinajstić information content (AvgIpc) is 3.13. The first-order chi connectivity index (χ1) is 17.3. The van der Waals surface area contributed by atoms with Gasteiger partial charge < -0.3 is 19.1 Å². The number of β-lactam (4-membered cyclic amide) rings is 1. The summed E-state index contributed by atoms with van der Waals surface area (Å²) in [5.41, 5.74) is 1.71. The highest BCUT2D eigenvalue weighted by Crippen LogP contribution is 2.48. The Morgan fingerprint density at radius 1 is 0.750 bits per heavy atom. The van der Waals surface area contributed by atoms with E-state index in [9.17, 15) is 18.8 Å². The molecule has 2 atom stereocenters. The van der Waals surface area contributed by atoms with Gasteiger partial charge >= 0.3 is 0 Å². The minimum atomic E-state index is -1.15. The van der Waals surface area contributed by atoms with Gasteiger partial charge in [-0.2, -0.15) is 0 Å². The highest BCUT2D eigenvalue weighted by Gasteiger charge is 2.57. The van der Waals surface area contributed by atoms with E-state index in [-0.39, 0.29) is 11.1 Å². The lowest BCUT2D eigenvalue weighted by molar-refractivity contribution is -0.130. The maximum Gasteiger partial charge on any atom is 0.262 e. The van der Waals surface area contributed by atoms with Gasteiger partial charge in [0.15, 0.2) is 11.5 Å². The number of ether oxygens (including phenoxy) is 3. The van der Waals surface area contributed by atoms with Crippen molar-refractivity contribution in [3.63, 3.8) is 0 Å². The van der Waals surface area contributed by atoms with Crippen molar-refractivity contribution in [3.05, 3.63) is 82.7 Å². The summed E-state index contributed by atoms with van der Waals surface area (Å²) in [5, 5.41) is 0. The minimum Gasteiger partial charge on any atom is -0.493 e. The number of benzene rings is 3. The molecule has 36 heavy (non-hydrogen) atoms. The predicted molar refractivity (Wildman–Crippen MR) is 128 cm³/mol. The summed E-state index contributed by atoms with van der Waals surface area (Å²) in [4.78, 5) is 42.4. The van der Waals surface area contributed by atoms with Crippen molar-refractivity contribution in [2.45, 2.75) is 19.0 Å². The standard InChI is InChI=1S/C27H23FN2O6/c1-14-9-10-16(13-19(14)28)29-22(15-11-20(34-2)24(36-4)21(12-15)35-3)23(27(29)33)30-25(31)17-7-5-6-8-18(17)26(30)32/h5-13,22-23H,1-4H3/t22-,23+/m0/s1. The molecule has 2 aliphatic rings. The Hall–Kier alpha value is -4.40. The first-order valence-corrected chi connectivity index (χ1v) is 11.2. The van der Waals surface area contributed by atoms with Gasteiger partial charge in [0, 0.05) is 5.69 Å². The summed E-state index contributed by atoms with van der Waals surface area (Å²) in [6.45, 7) is 1.62. The van der Waals surface area contributed by atoms with Crippen LogP contribution in [0.3, 0.4) is 0 Å². The molecule has 2 aliphatic heterocycles. The molecular formula is C27H23FN2O6. The van der Waals surface area contributed by atoms with Crippen molar-refractivity contribution in [1.29, 1.82) is 0 Å². The van der Waals surface area contributed by atoms with E-state index in [4.69, 9.17) is 14.2 Å². The second kappa shape index (κ2) is 8.67. The molecule has 1 saturated heterocycles. The molecule has 184 valence electrons. The van der Waals surface area contributed by atoms with Crippen LogP contribution in [-0.2, 0) is 4.79 Å². The SMILES string of the molecule is COc1cc([C@H]2[C@@H](N3C(=O)c4ccccc4C3=O)C(=O)N2c2ccc(C)c(F)c2)cc(OC)c1OC. The number of halogens is 1. The lowest BCUT2D eigenvalue weighted by atomic mass is 9.85. The summed E-state index contributed by atoms with van der Waals surface area (Å²) in [7, 11) is 4.39. The molecule has 2 heterocycles. The Kier molecular flexibility index (Phi) is 5.62. The molecule has 0 spiro atoms. The number of nitrogens with zero attached hydrogens (tertiary/aromatic N) is 2. The largest absolute Gasteiger partial charge is 0.493 e. The molecule has 0 bridgehead atoms. The Labute approximate surface area is 206 Å². The van der Waals surface area contributed by atoms with Gasteiger partial charge in [0.25, 0.3) is 17.7 Å². The molecule has 0 saturated carbocycles. The highest BCUT2D eigenvalue weighted by molar-refractivity contribution is 6.24. The van der Waals surface area contributed by atoms with Gasteiger partial charge in [-0.3, -0.25) is 19.3 Å². The number of rotatable bonds is 6. The highest BCUT2D eigenvalue weighted by atomic mass is 19.1. The van der Waals surface area contributed by atoms with Crippen molar-refractivity contribution in [2.24, 2.45) is 0 Å². The number of fused-ring (bicyclic) bond motifs is 1. The zero-order valence-electron chi connectivity index (χ0n) is 20.1. The van der Waals surface area contributed by atoms with Gasteiger partial charge in [0.05, 0.1) is 38.5 Å². The van der Waals surface area contributed by atoms with Crippen molar-refractivity contribution < 1.29 is 33.0 Å². The molecule has 5 rings (SSSR count). The van der Waals surface area contributed by atoms with Gasteiger partial charge in [-0.25, -0.2) is 4.39 Å². The van der Waals surface area contributed by atoms with Crippen LogP contribution < -0.4 is 19.1 Å². The molecule has 0 unspecified atom stereocenters. The topological polar surface area (TPSA) is 85.4 Å². The van der Waals surface area contributed by atoms with E-state index >= 15 is 0 Å². The van der Waals surface area contributed by atoms with Gasteiger partial charge in [-0.1, -0.05) is 18.2 Å². The van der Waals surface area contributed by atoms with E-state index in [2.05, 4.69) is 0 Å². The smallest absolute Gasteiger partial charge is 0.262 e. The van der Waals surface area contributed by atoms with Crippen LogP contribution in [0.1, 0.15) is 37.9 Å². The normalized spacial score (nSPS) is 18.8. The van der Waals surface area contributed by atoms with E-state index in [0.29, 0.717) is 34.1 Å². The number of carbonyl (C=O) groups is 3. The number of hydrogen-bond acceptors (Lipinski definition) is 6. The molecule has 3 aromatic rings. The summed E-state index contributed by atoms with van der Waals surface area (Å²) in [6, 6.07) is 12.2. The fraction of sp³-hybridized carbons (Fsp3) is 0.222. The lowest BCUT2D eigenvalue weighted by Crippen LogP contribution is -2.67. The Bertz CT molecular complexity index is 1360. The van der Waals surface area contributed by atoms with E-state index in [1.54, 1.807) is 55.5 Å². The van der Waals surface area contributed by atoms with E-state index in [0.717, 1.165) is 4.90 Å². The third-order valence-corrected chi connectivity index (χ3v) is 6.63. The molecule has 9 heteroatoms. The molecular weight excluding hydrogens is 467 g/mol. The molecule has 0 radical (unpaired) electrons. The maximum absolute atomic E-state index is 14.5. The third-order valence-electron chi connectivity index (χ3n) is 6.63. The summed E-state index contributed by atoms with van der Waals surface area (Å²) in [6.07, 6.45) is 0. The maximum atomic E-state index is 14.5. The Morgan fingerprint density at radius 2 is 1.33 bits per heavy atom. The van der Waals surface area contributed by atoms with Crippen LogP contribution >= 0.6 is 0 Å². The van der Waals surface area contributed by atoms with Crippen molar-refractivity contribution >= 4 is 23.4 Å². The first kappa shape index (κ1) is 23.3. The fourth-order valence-corrected chi connectivity index (χ4v) is 4.81. The number of methoxy groups -OCH3 is 3. The molecule has 8 nitrogen and oxygen atoms in total. The third kappa shape index (κ3) is 3.30.